The number of likely N-dealkylation sites (N-methyl/N-ethyl adjacent to an activating group) is 1. The molecule has 0 bridgehead atoms. The first kappa shape index (κ1) is 16.3. The molecular weight excluding hydrogens is 302 g/mol. The van der Waals surface area contributed by atoms with Crippen molar-refractivity contribution < 1.29 is 14.6 Å². The molecule has 0 radical (unpaired) electrons. The number of amides is 1. The quantitative estimate of drug-likeness (QED) is 0.921. The number of aliphatic hydroxyl groups excluding tert-OH is 1. The molecule has 5 heteroatoms. The minimum absolute atomic E-state index is 0.298. The van der Waals surface area contributed by atoms with E-state index in [0.29, 0.717) is 22.9 Å². The van der Waals surface area contributed by atoms with Crippen molar-refractivity contribution in [3.63, 3.8) is 0 Å². The highest BCUT2D eigenvalue weighted by Crippen LogP contribution is 2.25. The van der Waals surface area contributed by atoms with Gasteiger partial charge in [-0.3, -0.25) is 4.79 Å². The van der Waals surface area contributed by atoms with Gasteiger partial charge in [0.25, 0.3) is 5.91 Å². The third-order valence-electron chi connectivity index (χ3n) is 3.38. The fraction of sp³-hybridized carbons (Fsp3) is 0.235. The predicted octanol–water partition coefficient (Wildman–Crippen LogP) is 3.04. The number of carbonyl (C=O) groups is 1. The molecule has 0 aromatic heterocycles. The average Bonchev–Trinajstić information content (AvgIpc) is 2.54. The van der Waals surface area contributed by atoms with Gasteiger partial charge < -0.3 is 14.7 Å². The average molecular weight is 320 g/mol. The highest BCUT2D eigenvalue weighted by Gasteiger charge is 2.22. The summed E-state index contributed by atoms with van der Waals surface area (Å²) in [5.74, 6) is 0.270. The third kappa shape index (κ3) is 3.78. The van der Waals surface area contributed by atoms with Crippen LogP contribution in [0.5, 0.6) is 5.75 Å². The lowest BCUT2D eigenvalue weighted by atomic mass is 10.1. The van der Waals surface area contributed by atoms with E-state index in [4.69, 9.17) is 16.3 Å². The summed E-state index contributed by atoms with van der Waals surface area (Å²) < 4.78 is 5.27. The number of ether oxygens (including phenoxy) is 1. The summed E-state index contributed by atoms with van der Waals surface area (Å²) in [7, 11) is 3.20. The fourth-order valence-corrected chi connectivity index (χ4v) is 2.39. The van der Waals surface area contributed by atoms with Crippen molar-refractivity contribution in [3.05, 3.63) is 64.7 Å². The molecule has 2 aromatic rings. The van der Waals surface area contributed by atoms with Crippen LogP contribution < -0.4 is 4.74 Å². The van der Waals surface area contributed by atoms with Gasteiger partial charge in [-0.05, 0) is 23.8 Å². The summed E-state index contributed by atoms with van der Waals surface area (Å²) in [5, 5.41) is 10.7. The van der Waals surface area contributed by atoms with Gasteiger partial charge in [0.1, 0.15) is 5.75 Å². The van der Waals surface area contributed by atoms with E-state index in [1.165, 1.54) is 4.90 Å². The van der Waals surface area contributed by atoms with E-state index < -0.39 is 6.10 Å². The summed E-state index contributed by atoms with van der Waals surface area (Å²) in [4.78, 5) is 13.8. The van der Waals surface area contributed by atoms with Crippen LogP contribution in [-0.2, 0) is 11.3 Å². The molecule has 116 valence electrons. The molecule has 1 atom stereocenters. The Labute approximate surface area is 134 Å². The lowest BCUT2D eigenvalue weighted by molar-refractivity contribution is -0.139. The van der Waals surface area contributed by atoms with Crippen LogP contribution in [0, 0.1) is 0 Å². The molecule has 22 heavy (non-hydrogen) atoms. The zero-order chi connectivity index (χ0) is 16.1. The summed E-state index contributed by atoms with van der Waals surface area (Å²) in [5.41, 5.74) is 1.35. The molecule has 0 saturated carbocycles. The summed E-state index contributed by atoms with van der Waals surface area (Å²) in [6.07, 6.45) is -1.18. The standard InChI is InChI=1S/C17H18ClNO3/c1-19(11-13-10-14(18)8-9-15(13)22-2)17(21)16(20)12-6-4-3-5-7-12/h3-10,16,20H,11H2,1-2H3. The Hall–Kier alpha value is -2.04. The summed E-state index contributed by atoms with van der Waals surface area (Å²) >= 11 is 5.99. The first-order valence-corrected chi connectivity index (χ1v) is 7.21. The molecule has 2 aromatic carbocycles. The van der Waals surface area contributed by atoms with Crippen LogP contribution in [0.2, 0.25) is 5.02 Å². The number of hydrogen-bond acceptors (Lipinski definition) is 3. The van der Waals surface area contributed by atoms with Gasteiger partial charge in [-0.2, -0.15) is 0 Å². The molecule has 0 aliphatic heterocycles. The van der Waals surface area contributed by atoms with Crippen molar-refractivity contribution in [2.24, 2.45) is 0 Å². The maximum atomic E-state index is 12.3. The second-order valence-corrected chi connectivity index (χ2v) is 5.40. The van der Waals surface area contributed by atoms with E-state index in [1.54, 1.807) is 56.6 Å². The number of nitrogens with zero attached hydrogens (tertiary/aromatic N) is 1. The molecule has 0 spiro atoms. The van der Waals surface area contributed by atoms with Gasteiger partial charge in [-0.25, -0.2) is 0 Å². The van der Waals surface area contributed by atoms with E-state index in [1.807, 2.05) is 6.07 Å². The lowest BCUT2D eigenvalue weighted by Gasteiger charge is -2.22. The first-order chi connectivity index (χ1) is 10.5. The molecule has 0 fully saturated rings. The minimum atomic E-state index is -1.18. The van der Waals surface area contributed by atoms with Gasteiger partial charge in [0.15, 0.2) is 6.10 Å². The van der Waals surface area contributed by atoms with Crippen LogP contribution in [0.25, 0.3) is 0 Å². The number of halogens is 1. The van der Waals surface area contributed by atoms with Crippen LogP contribution in [-0.4, -0.2) is 30.1 Å². The van der Waals surface area contributed by atoms with Crippen molar-refractivity contribution in [1.82, 2.24) is 4.90 Å². The molecule has 1 amide bonds. The second kappa shape index (κ2) is 7.29. The SMILES string of the molecule is COc1ccc(Cl)cc1CN(C)C(=O)C(O)c1ccccc1. The van der Waals surface area contributed by atoms with Crippen molar-refractivity contribution in [1.29, 1.82) is 0 Å². The van der Waals surface area contributed by atoms with Gasteiger partial charge >= 0.3 is 0 Å². The first-order valence-electron chi connectivity index (χ1n) is 6.83. The monoisotopic (exact) mass is 319 g/mol. The molecule has 4 nitrogen and oxygen atoms in total. The van der Waals surface area contributed by atoms with Gasteiger partial charge in [0, 0.05) is 24.2 Å². The second-order valence-electron chi connectivity index (χ2n) is 4.96. The zero-order valence-electron chi connectivity index (χ0n) is 12.5. The molecule has 1 N–H and O–H groups in total. The van der Waals surface area contributed by atoms with Crippen LogP contribution in [0.3, 0.4) is 0 Å². The maximum absolute atomic E-state index is 12.3. The molecule has 0 saturated heterocycles. The highest BCUT2D eigenvalue weighted by atomic mass is 35.5. The number of methoxy groups -OCH3 is 1. The smallest absolute Gasteiger partial charge is 0.256 e. The third-order valence-corrected chi connectivity index (χ3v) is 3.61. The molecule has 0 aliphatic rings. The van der Waals surface area contributed by atoms with Gasteiger partial charge in [-0.15, -0.1) is 0 Å². The van der Waals surface area contributed by atoms with Gasteiger partial charge in [0.05, 0.1) is 7.11 Å². The minimum Gasteiger partial charge on any atom is -0.496 e. The Morgan fingerprint density at radius 1 is 1.27 bits per heavy atom. The maximum Gasteiger partial charge on any atom is 0.256 e. The van der Waals surface area contributed by atoms with E-state index in [2.05, 4.69) is 0 Å². The van der Waals surface area contributed by atoms with Crippen molar-refractivity contribution in [3.8, 4) is 5.75 Å². The topological polar surface area (TPSA) is 49.8 Å². The predicted molar refractivity (Wildman–Crippen MR) is 85.9 cm³/mol. The van der Waals surface area contributed by atoms with Crippen LogP contribution in [0.1, 0.15) is 17.2 Å². The number of aliphatic hydroxyl groups is 1. The normalized spacial score (nSPS) is 11.8. The van der Waals surface area contributed by atoms with Gasteiger partial charge in [0.2, 0.25) is 0 Å². The van der Waals surface area contributed by atoms with Crippen LogP contribution in [0.15, 0.2) is 48.5 Å². The molecule has 1 unspecified atom stereocenters. The zero-order valence-corrected chi connectivity index (χ0v) is 13.2. The Morgan fingerprint density at radius 3 is 2.59 bits per heavy atom. The number of rotatable bonds is 5. The largest absolute Gasteiger partial charge is 0.496 e. The summed E-state index contributed by atoms with van der Waals surface area (Å²) in [6, 6.07) is 14.1. The Bertz CT molecular complexity index is 646. The van der Waals surface area contributed by atoms with Crippen molar-refractivity contribution in [2.45, 2.75) is 12.6 Å². The Kier molecular flexibility index (Phi) is 5.41. The number of carbonyl (C=O) groups excluding carboxylic acids is 1. The van der Waals surface area contributed by atoms with Crippen molar-refractivity contribution in [2.75, 3.05) is 14.2 Å². The Morgan fingerprint density at radius 2 is 1.95 bits per heavy atom. The highest BCUT2D eigenvalue weighted by molar-refractivity contribution is 6.30. The fourth-order valence-electron chi connectivity index (χ4n) is 2.19. The molecule has 0 heterocycles. The number of hydrogen-bond donors (Lipinski definition) is 1. The van der Waals surface area contributed by atoms with Gasteiger partial charge in [-0.1, -0.05) is 41.9 Å². The van der Waals surface area contributed by atoms with E-state index in [0.717, 1.165) is 5.56 Å². The van der Waals surface area contributed by atoms with E-state index in [9.17, 15) is 9.90 Å². The molecule has 2 rings (SSSR count). The van der Waals surface area contributed by atoms with E-state index >= 15 is 0 Å². The Balaban J connectivity index is 2.13. The molecule has 0 aliphatic carbocycles. The number of benzene rings is 2. The van der Waals surface area contributed by atoms with Crippen molar-refractivity contribution >= 4 is 17.5 Å². The van der Waals surface area contributed by atoms with E-state index in [-0.39, 0.29) is 5.91 Å². The van der Waals surface area contributed by atoms with Crippen LogP contribution >= 0.6 is 11.6 Å². The van der Waals surface area contributed by atoms with Crippen LogP contribution in [0.4, 0.5) is 0 Å². The lowest BCUT2D eigenvalue weighted by Crippen LogP contribution is -2.31. The molecular formula is C17H18ClNO3. The summed E-state index contributed by atoms with van der Waals surface area (Å²) in [6.45, 7) is 0.298.